The zero-order valence-electron chi connectivity index (χ0n) is 12.9. The lowest BCUT2D eigenvalue weighted by molar-refractivity contribution is -0.119. The summed E-state index contributed by atoms with van der Waals surface area (Å²) in [4.78, 5) is 15.3. The normalized spacial score (nSPS) is 16.8. The molecule has 25 heavy (non-hydrogen) atoms. The van der Waals surface area contributed by atoms with Crippen molar-refractivity contribution in [3.63, 3.8) is 0 Å². The van der Waals surface area contributed by atoms with Crippen LogP contribution in [0.1, 0.15) is 18.6 Å². The molecule has 0 aliphatic heterocycles. The number of anilines is 1. The maximum Gasteiger partial charge on any atom is 0.295 e. The van der Waals surface area contributed by atoms with E-state index in [1.807, 2.05) is 6.07 Å². The summed E-state index contributed by atoms with van der Waals surface area (Å²) in [6.07, 6.45) is 1.26. The zero-order valence-corrected chi connectivity index (χ0v) is 13.7. The maximum absolute atomic E-state index is 12.9. The monoisotopic (exact) mass is 369 g/mol. The first kappa shape index (κ1) is 16.1. The number of nitrogens with zero attached hydrogens (tertiary/aromatic N) is 3. The van der Waals surface area contributed by atoms with Gasteiger partial charge in [-0.05, 0) is 23.7 Å². The first-order valence-electron chi connectivity index (χ1n) is 7.69. The van der Waals surface area contributed by atoms with Crippen LogP contribution in [-0.2, 0) is 6.54 Å². The van der Waals surface area contributed by atoms with Gasteiger partial charge in [0.2, 0.25) is 11.2 Å². The van der Waals surface area contributed by atoms with E-state index in [0.717, 1.165) is 5.76 Å². The van der Waals surface area contributed by atoms with Crippen LogP contribution in [0.4, 0.5) is 14.6 Å². The Bertz CT molecular complexity index is 876. The van der Waals surface area contributed by atoms with Gasteiger partial charge in [-0.25, -0.2) is 8.78 Å². The SMILES string of the molecule is FC1(F)CC(COc2nc3c(NCc4ccco4)nc(Cl)nc3[nH]2)C1. The second-order valence-corrected chi connectivity index (χ2v) is 6.29. The van der Waals surface area contributed by atoms with Gasteiger partial charge in [0.15, 0.2) is 17.0 Å². The summed E-state index contributed by atoms with van der Waals surface area (Å²) in [5.41, 5.74) is 0.848. The molecule has 7 nitrogen and oxygen atoms in total. The molecule has 132 valence electrons. The van der Waals surface area contributed by atoms with Crippen molar-refractivity contribution in [2.45, 2.75) is 25.3 Å². The van der Waals surface area contributed by atoms with E-state index < -0.39 is 5.92 Å². The number of alkyl halides is 2. The van der Waals surface area contributed by atoms with Crippen LogP contribution in [-0.4, -0.2) is 32.5 Å². The van der Waals surface area contributed by atoms with Gasteiger partial charge in [0.1, 0.15) is 5.76 Å². The van der Waals surface area contributed by atoms with Crippen molar-refractivity contribution < 1.29 is 17.9 Å². The molecular formula is C15H14ClF2N5O2. The van der Waals surface area contributed by atoms with Gasteiger partial charge in [-0.3, -0.25) is 4.98 Å². The highest BCUT2D eigenvalue weighted by molar-refractivity contribution is 6.28. The highest BCUT2D eigenvalue weighted by Crippen LogP contribution is 2.42. The average molecular weight is 370 g/mol. The van der Waals surface area contributed by atoms with E-state index in [1.165, 1.54) is 0 Å². The fourth-order valence-corrected chi connectivity index (χ4v) is 2.90. The van der Waals surface area contributed by atoms with Crippen molar-refractivity contribution in [1.29, 1.82) is 0 Å². The van der Waals surface area contributed by atoms with Crippen molar-refractivity contribution in [2.75, 3.05) is 11.9 Å². The summed E-state index contributed by atoms with van der Waals surface area (Å²) in [5.74, 6) is -1.59. The van der Waals surface area contributed by atoms with Crippen LogP contribution in [0.15, 0.2) is 22.8 Å². The Hall–Kier alpha value is -2.42. The molecular weight excluding hydrogens is 356 g/mol. The molecule has 0 spiro atoms. The third-order valence-electron chi connectivity index (χ3n) is 3.94. The first-order valence-corrected chi connectivity index (χ1v) is 8.06. The molecule has 3 aromatic heterocycles. The lowest BCUT2D eigenvalue weighted by Gasteiger charge is -2.34. The number of rotatable bonds is 6. The standard InChI is InChI=1S/C15H14ClF2N5O2/c16-13-21-11(19-6-9-2-1-3-24-9)10-12(22-13)23-14(20-10)25-7-8-4-15(17,18)5-8/h1-3,8H,4-7H2,(H2,19,20,21,22,23). The summed E-state index contributed by atoms with van der Waals surface area (Å²) < 4.78 is 36.4. The molecule has 1 aliphatic carbocycles. The topological polar surface area (TPSA) is 88.9 Å². The predicted molar refractivity (Wildman–Crippen MR) is 85.9 cm³/mol. The van der Waals surface area contributed by atoms with Crippen molar-refractivity contribution >= 4 is 28.6 Å². The van der Waals surface area contributed by atoms with E-state index in [2.05, 4.69) is 25.3 Å². The van der Waals surface area contributed by atoms with Gasteiger partial charge in [0.05, 0.1) is 19.4 Å². The molecule has 0 amide bonds. The summed E-state index contributed by atoms with van der Waals surface area (Å²) in [7, 11) is 0. The number of halogens is 3. The average Bonchev–Trinajstić information content (AvgIpc) is 3.17. The molecule has 0 aromatic carbocycles. The number of imidazole rings is 1. The Morgan fingerprint density at radius 3 is 2.92 bits per heavy atom. The number of fused-ring (bicyclic) bond motifs is 1. The van der Waals surface area contributed by atoms with Crippen LogP contribution in [0.25, 0.3) is 11.2 Å². The Morgan fingerprint density at radius 1 is 1.36 bits per heavy atom. The number of aromatic nitrogens is 4. The van der Waals surface area contributed by atoms with Crippen LogP contribution in [0.3, 0.4) is 0 Å². The molecule has 0 unspecified atom stereocenters. The summed E-state index contributed by atoms with van der Waals surface area (Å²) in [5, 5.41) is 3.12. The number of furan rings is 1. The van der Waals surface area contributed by atoms with Crippen LogP contribution in [0.2, 0.25) is 5.28 Å². The first-order chi connectivity index (χ1) is 12.0. The van der Waals surface area contributed by atoms with E-state index in [9.17, 15) is 8.78 Å². The Balaban J connectivity index is 1.48. The van der Waals surface area contributed by atoms with E-state index in [1.54, 1.807) is 12.3 Å². The van der Waals surface area contributed by atoms with E-state index in [-0.39, 0.29) is 36.7 Å². The highest BCUT2D eigenvalue weighted by atomic mass is 35.5. The molecule has 10 heteroatoms. The Labute approximate surface area is 145 Å². The molecule has 4 rings (SSSR count). The summed E-state index contributed by atoms with van der Waals surface area (Å²) in [6.45, 7) is 0.571. The van der Waals surface area contributed by atoms with Crippen LogP contribution in [0, 0.1) is 5.92 Å². The molecule has 0 bridgehead atoms. The van der Waals surface area contributed by atoms with Gasteiger partial charge in [0, 0.05) is 18.8 Å². The number of aromatic amines is 1. The second kappa shape index (κ2) is 6.14. The van der Waals surface area contributed by atoms with E-state index >= 15 is 0 Å². The van der Waals surface area contributed by atoms with Gasteiger partial charge in [0.25, 0.3) is 6.01 Å². The van der Waals surface area contributed by atoms with E-state index in [0.29, 0.717) is 23.5 Å². The third kappa shape index (κ3) is 3.51. The molecule has 1 saturated carbocycles. The molecule has 0 saturated heterocycles. The van der Waals surface area contributed by atoms with Crippen molar-refractivity contribution in [1.82, 2.24) is 19.9 Å². The van der Waals surface area contributed by atoms with Crippen LogP contribution < -0.4 is 10.1 Å². The largest absolute Gasteiger partial charge is 0.467 e. The fraction of sp³-hybridized carbons (Fsp3) is 0.400. The van der Waals surface area contributed by atoms with Crippen LogP contribution in [0.5, 0.6) is 6.01 Å². The molecule has 1 fully saturated rings. The Kier molecular flexibility index (Phi) is 3.95. The van der Waals surface area contributed by atoms with Crippen molar-refractivity contribution in [3.05, 3.63) is 29.4 Å². The highest BCUT2D eigenvalue weighted by Gasteiger charge is 2.45. The van der Waals surface area contributed by atoms with Crippen molar-refractivity contribution in [2.24, 2.45) is 5.92 Å². The molecule has 0 radical (unpaired) electrons. The lowest BCUT2D eigenvalue weighted by atomic mass is 9.82. The van der Waals surface area contributed by atoms with Crippen molar-refractivity contribution in [3.8, 4) is 6.01 Å². The smallest absolute Gasteiger partial charge is 0.295 e. The number of hydrogen-bond acceptors (Lipinski definition) is 6. The van der Waals surface area contributed by atoms with Crippen LogP contribution >= 0.6 is 11.6 Å². The summed E-state index contributed by atoms with van der Waals surface area (Å²) in [6, 6.07) is 3.80. The van der Waals surface area contributed by atoms with Gasteiger partial charge < -0.3 is 14.5 Å². The number of ether oxygens (including phenoxy) is 1. The van der Waals surface area contributed by atoms with E-state index in [4.69, 9.17) is 20.8 Å². The zero-order chi connectivity index (χ0) is 17.4. The third-order valence-corrected chi connectivity index (χ3v) is 4.10. The molecule has 3 heterocycles. The minimum atomic E-state index is -2.57. The molecule has 3 aromatic rings. The number of H-pyrrole nitrogens is 1. The van der Waals surface area contributed by atoms with Gasteiger partial charge in [-0.15, -0.1) is 0 Å². The number of hydrogen-bond donors (Lipinski definition) is 2. The van der Waals surface area contributed by atoms with Gasteiger partial charge in [-0.1, -0.05) is 0 Å². The summed E-state index contributed by atoms with van der Waals surface area (Å²) >= 11 is 5.93. The predicted octanol–water partition coefficient (Wildman–Crippen LogP) is 3.64. The number of nitrogens with one attached hydrogen (secondary N) is 2. The second-order valence-electron chi connectivity index (χ2n) is 5.95. The molecule has 1 aliphatic rings. The molecule has 2 N–H and O–H groups in total. The van der Waals surface area contributed by atoms with Gasteiger partial charge in [-0.2, -0.15) is 15.0 Å². The maximum atomic E-state index is 12.9. The lowest BCUT2D eigenvalue weighted by Crippen LogP contribution is -2.38. The fourth-order valence-electron chi connectivity index (χ4n) is 2.73. The Morgan fingerprint density at radius 2 is 2.20 bits per heavy atom. The minimum Gasteiger partial charge on any atom is -0.467 e. The quantitative estimate of drug-likeness (QED) is 0.645. The minimum absolute atomic E-state index is 0.0447. The van der Waals surface area contributed by atoms with Gasteiger partial charge >= 0.3 is 0 Å². The molecule has 0 atom stereocenters.